The minimum Gasteiger partial charge on any atom is -0.401 e. The Morgan fingerprint density at radius 3 is 2.67 bits per heavy atom. The van der Waals surface area contributed by atoms with E-state index in [1.54, 1.807) is 5.01 Å². The monoisotopic (exact) mass is 169 g/mol. The van der Waals surface area contributed by atoms with E-state index in [0.29, 0.717) is 0 Å². The lowest BCUT2D eigenvalue weighted by atomic mass is 10.3. The van der Waals surface area contributed by atoms with Crippen molar-refractivity contribution in [1.29, 1.82) is 0 Å². The van der Waals surface area contributed by atoms with Crippen molar-refractivity contribution in [3.05, 3.63) is 11.9 Å². The molecular weight excluding hydrogens is 150 g/mol. The number of allylic oxidation sites excluding steroid dienone is 1. The van der Waals surface area contributed by atoms with E-state index in [1.165, 1.54) is 0 Å². The quantitative estimate of drug-likeness (QED) is 0.487. The summed E-state index contributed by atoms with van der Waals surface area (Å²) >= 11 is 0. The van der Waals surface area contributed by atoms with Crippen molar-refractivity contribution in [2.24, 2.45) is 10.8 Å². The molecule has 0 fully saturated rings. The average Bonchev–Trinajstić information content (AvgIpc) is 2.11. The fourth-order valence-corrected chi connectivity index (χ4v) is 0.779. The number of unbranched alkanes of at least 4 members (excludes halogenated alkanes) is 1. The zero-order valence-electron chi connectivity index (χ0n) is 8.08. The van der Waals surface area contributed by atoms with E-state index >= 15 is 0 Å². The Morgan fingerprint density at radius 1 is 1.58 bits per heavy atom. The van der Waals surface area contributed by atoms with Crippen molar-refractivity contribution in [2.45, 2.75) is 33.1 Å². The first kappa shape index (κ1) is 11.0. The normalized spacial score (nSPS) is 11.3. The van der Waals surface area contributed by atoms with Gasteiger partial charge in [0, 0.05) is 25.2 Å². The van der Waals surface area contributed by atoms with Gasteiger partial charge in [-0.2, -0.15) is 5.10 Å². The molecule has 0 unspecified atom stereocenters. The van der Waals surface area contributed by atoms with Crippen LogP contribution in [0.15, 0.2) is 17.0 Å². The van der Waals surface area contributed by atoms with Gasteiger partial charge in [0.15, 0.2) is 0 Å². The maximum atomic E-state index is 5.65. The molecule has 0 amide bonds. The largest absolute Gasteiger partial charge is 0.401 e. The molecule has 0 aliphatic heterocycles. The Hall–Kier alpha value is -0.990. The second kappa shape index (κ2) is 6.70. The fraction of sp³-hybridized carbons (Fsp3) is 0.667. The summed E-state index contributed by atoms with van der Waals surface area (Å²) in [6.07, 6.45) is 4.99. The van der Waals surface area contributed by atoms with Gasteiger partial charge in [-0.15, -0.1) is 0 Å². The standard InChI is InChI=1S/C9H19N3/c1-4-6-7-12(11-3)8-9(10)5-2/h8H,3-7,10H2,1-2H3/b9-8-. The number of nitrogens with two attached hydrogens (primary N) is 1. The highest BCUT2D eigenvalue weighted by Gasteiger charge is 1.94. The predicted molar refractivity (Wildman–Crippen MR) is 53.7 cm³/mol. The third-order valence-corrected chi connectivity index (χ3v) is 1.65. The summed E-state index contributed by atoms with van der Waals surface area (Å²) in [7, 11) is 0. The van der Waals surface area contributed by atoms with Crippen LogP contribution in [0.5, 0.6) is 0 Å². The second-order valence-electron chi connectivity index (χ2n) is 2.72. The topological polar surface area (TPSA) is 41.6 Å². The van der Waals surface area contributed by atoms with Crippen LogP contribution in [0.25, 0.3) is 0 Å². The van der Waals surface area contributed by atoms with Gasteiger partial charge in [0.1, 0.15) is 0 Å². The van der Waals surface area contributed by atoms with E-state index in [1.807, 2.05) is 13.1 Å². The molecule has 0 heterocycles. The molecule has 0 aromatic rings. The molecule has 0 aromatic carbocycles. The Morgan fingerprint density at radius 2 is 2.25 bits per heavy atom. The molecule has 3 heteroatoms. The van der Waals surface area contributed by atoms with Crippen LogP contribution in [0.1, 0.15) is 33.1 Å². The van der Waals surface area contributed by atoms with E-state index in [2.05, 4.69) is 18.7 Å². The van der Waals surface area contributed by atoms with E-state index in [0.717, 1.165) is 31.5 Å². The predicted octanol–water partition coefficient (Wildman–Crippen LogP) is 1.91. The lowest BCUT2D eigenvalue weighted by molar-refractivity contribution is 0.388. The van der Waals surface area contributed by atoms with E-state index in [4.69, 9.17) is 5.73 Å². The smallest absolute Gasteiger partial charge is 0.0419 e. The van der Waals surface area contributed by atoms with Gasteiger partial charge in [0.2, 0.25) is 0 Å². The molecule has 2 N–H and O–H groups in total. The van der Waals surface area contributed by atoms with Crippen LogP contribution in [0.4, 0.5) is 0 Å². The Kier molecular flexibility index (Phi) is 6.15. The highest BCUT2D eigenvalue weighted by molar-refractivity contribution is 5.23. The molecule has 0 aliphatic carbocycles. The van der Waals surface area contributed by atoms with Gasteiger partial charge >= 0.3 is 0 Å². The van der Waals surface area contributed by atoms with Crippen LogP contribution in [0.2, 0.25) is 0 Å². The fourth-order valence-electron chi connectivity index (χ4n) is 0.779. The highest BCUT2D eigenvalue weighted by atomic mass is 15.4. The number of hydrazone groups is 1. The van der Waals surface area contributed by atoms with Crippen molar-refractivity contribution >= 4 is 6.72 Å². The zero-order chi connectivity index (χ0) is 9.40. The summed E-state index contributed by atoms with van der Waals surface area (Å²) < 4.78 is 0. The first-order valence-corrected chi connectivity index (χ1v) is 4.44. The Bertz CT molecular complexity index is 152. The van der Waals surface area contributed by atoms with Crippen LogP contribution in [0.3, 0.4) is 0 Å². The van der Waals surface area contributed by atoms with Gasteiger partial charge in [0.25, 0.3) is 0 Å². The number of hydrogen-bond acceptors (Lipinski definition) is 3. The molecule has 0 rings (SSSR count). The van der Waals surface area contributed by atoms with Crippen molar-refractivity contribution in [3.8, 4) is 0 Å². The zero-order valence-corrected chi connectivity index (χ0v) is 8.08. The highest BCUT2D eigenvalue weighted by Crippen LogP contribution is 1.99. The number of hydrogen-bond donors (Lipinski definition) is 1. The molecular formula is C9H19N3. The van der Waals surface area contributed by atoms with Crippen LogP contribution in [-0.4, -0.2) is 18.3 Å². The number of rotatable bonds is 6. The van der Waals surface area contributed by atoms with Crippen LogP contribution >= 0.6 is 0 Å². The Labute approximate surface area is 74.9 Å². The average molecular weight is 169 g/mol. The summed E-state index contributed by atoms with van der Waals surface area (Å²) in [6.45, 7) is 8.55. The van der Waals surface area contributed by atoms with Gasteiger partial charge in [-0.25, -0.2) is 0 Å². The molecule has 0 saturated heterocycles. The van der Waals surface area contributed by atoms with Gasteiger partial charge in [0.05, 0.1) is 0 Å². The molecule has 0 radical (unpaired) electrons. The molecule has 0 bridgehead atoms. The lowest BCUT2D eigenvalue weighted by Crippen LogP contribution is -2.13. The molecule has 70 valence electrons. The van der Waals surface area contributed by atoms with Crippen LogP contribution < -0.4 is 5.73 Å². The second-order valence-corrected chi connectivity index (χ2v) is 2.72. The minimum absolute atomic E-state index is 0.846. The Balaban J connectivity index is 3.89. The molecule has 0 aromatic heterocycles. The lowest BCUT2D eigenvalue weighted by Gasteiger charge is -2.13. The maximum Gasteiger partial charge on any atom is 0.0419 e. The molecule has 12 heavy (non-hydrogen) atoms. The van der Waals surface area contributed by atoms with Gasteiger partial charge in [-0.3, -0.25) is 5.01 Å². The number of nitrogens with zero attached hydrogens (tertiary/aromatic N) is 2. The van der Waals surface area contributed by atoms with Crippen molar-refractivity contribution < 1.29 is 0 Å². The van der Waals surface area contributed by atoms with Crippen LogP contribution in [0, 0.1) is 0 Å². The maximum absolute atomic E-state index is 5.65. The minimum atomic E-state index is 0.846. The summed E-state index contributed by atoms with van der Waals surface area (Å²) in [4.78, 5) is 0. The third-order valence-electron chi connectivity index (χ3n) is 1.65. The summed E-state index contributed by atoms with van der Waals surface area (Å²) in [5, 5.41) is 5.63. The molecule has 0 spiro atoms. The first-order valence-electron chi connectivity index (χ1n) is 4.44. The molecule has 3 nitrogen and oxygen atoms in total. The van der Waals surface area contributed by atoms with E-state index in [-0.39, 0.29) is 0 Å². The molecule has 0 saturated carbocycles. The summed E-state index contributed by atoms with van der Waals surface area (Å²) in [5.74, 6) is 0. The van der Waals surface area contributed by atoms with E-state index < -0.39 is 0 Å². The molecule has 0 aliphatic rings. The van der Waals surface area contributed by atoms with E-state index in [9.17, 15) is 0 Å². The summed E-state index contributed by atoms with van der Waals surface area (Å²) in [6, 6.07) is 0. The van der Waals surface area contributed by atoms with Crippen molar-refractivity contribution in [1.82, 2.24) is 5.01 Å². The van der Waals surface area contributed by atoms with Gasteiger partial charge < -0.3 is 5.73 Å². The third kappa shape index (κ3) is 4.77. The van der Waals surface area contributed by atoms with Crippen LogP contribution in [-0.2, 0) is 0 Å². The first-order chi connectivity index (χ1) is 5.74. The van der Waals surface area contributed by atoms with Crippen molar-refractivity contribution in [2.75, 3.05) is 6.54 Å². The van der Waals surface area contributed by atoms with Gasteiger partial charge in [-0.1, -0.05) is 20.3 Å². The van der Waals surface area contributed by atoms with Gasteiger partial charge in [-0.05, 0) is 12.8 Å². The SMILES string of the molecule is C=NN(/C=C(\N)CC)CCCC. The van der Waals surface area contributed by atoms with Crippen molar-refractivity contribution in [3.63, 3.8) is 0 Å². The summed E-state index contributed by atoms with van der Waals surface area (Å²) in [5.41, 5.74) is 6.50. The molecule has 0 atom stereocenters.